The maximum absolute atomic E-state index is 4.69. The summed E-state index contributed by atoms with van der Waals surface area (Å²) in [6, 6.07) is 65.7. The van der Waals surface area contributed by atoms with E-state index in [1.165, 1.54) is 76.8 Å². The summed E-state index contributed by atoms with van der Waals surface area (Å²) in [5.41, 5.74) is 11.6. The molecule has 8 aromatic carbocycles. The molecule has 0 unspecified atom stereocenters. The van der Waals surface area contributed by atoms with Crippen molar-refractivity contribution in [3.63, 3.8) is 0 Å². The third kappa shape index (κ3) is 5.03. The monoisotopic (exact) mass is 609 g/mol. The minimum absolute atomic E-state index is 0.967. The van der Waals surface area contributed by atoms with Gasteiger partial charge in [-0.15, -0.1) is 0 Å². The van der Waals surface area contributed by atoms with Gasteiger partial charge in [-0.25, -0.2) is 0 Å². The maximum Gasteiger partial charge on any atom is 0.0702 e. The minimum atomic E-state index is 0.967. The molecule has 0 aliphatic carbocycles. The van der Waals surface area contributed by atoms with E-state index in [0.29, 0.717) is 0 Å². The van der Waals surface area contributed by atoms with E-state index in [2.05, 4.69) is 170 Å². The lowest BCUT2D eigenvalue weighted by Crippen LogP contribution is -1.88. The summed E-state index contributed by atoms with van der Waals surface area (Å²) in [7, 11) is 0. The van der Waals surface area contributed by atoms with E-state index < -0.39 is 0 Å². The molecule has 0 radical (unpaired) electrons. The summed E-state index contributed by atoms with van der Waals surface area (Å²) in [4.78, 5) is 4.69. The molecule has 9 aromatic rings. The van der Waals surface area contributed by atoms with Crippen LogP contribution in [-0.4, -0.2) is 4.98 Å². The van der Waals surface area contributed by atoms with Gasteiger partial charge in [-0.2, -0.15) is 0 Å². The second-order valence-corrected chi connectivity index (χ2v) is 12.4. The van der Waals surface area contributed by atoms with Gasteiger partial charge in [-0.05, 0) is 113 Å². The Morgan fingerprint density at radius 2 is 0.625 bits per heavy atom. The highest BCUT2D eigenvalue weighted by Crippen LogP contribution is 2.38. The van der Waals surface area contributed by atoms with E-state index >= 15 is 0 Å². The predicted octanol–water partition coefficient (Wildman–Crippen LogP) is 12.9. The molecule has 0 spiro atoms. The average molecular weight is 610 g/mol. The first-order valence-electron chi connectivity index (χ1n) is 16.4. The average Bonchev–Trinajstić information content (AvgIpc) is 3.18. The fourth-order valence-corrected chi connectivity index (χ4v) is 7.07. The smallest absolute Gasteiger partial charge is 0.0702 e. The first-order chi connectivity index (χ1) is 23.8. The summed E-state index contributed by atoms with van der Waals surface area (Å²) in [5, 5.41) is 7.77. The molecular weight excluding hydrogens is 579 g/mol. The van der Waals surface area contributed by atoms with Crippen molar-refractivity contribution < 1.29 is 0 Å². The molecule has 0 amide bonds. The zero-order chi connectivity index (χ0) is 31.9. The second-order valence-electron chi connectivity index (χ2n) is 12.4. The van der Waals surface area contributed by atoms with E-state index in [9.17, 15) is 0 Å². The number of aromatic nitrogens is 1. The lowest BCUT2D eigenvalue weighted by atomic mass is 9.91. The molecule has 0 aliphatic heterocycles. The molecule has 0 aliphatic rings. The number of nitrogens with zero attached hydrogens (tertiary/aromatic N) is 1. The van der Waals surface area contributed by atoms with Crippen molar-refractivity contribution >= 4 is 32.3 Å². The highest BCUT2D eigenvalue weighted by Gasteiger charge is 2.12. The second kappa shape index (κ2) is 11.8. The molecule has 0 saturated heterocycles. The van der Waals surface area contributed by atoms with Crippen LogP contribution in [-0.2, 0) is 0 Å². The summed E-state index contributed by atoms with van der Waals surface area (Å²) in [5.74, 6) is 0. The molecule has 48 heavy (non-hydrogen) atoms. The molecule has 0 saturated carbocycles. The number of hydrogen-bond donors (Lipinski definition) is 0. The van der Waals surface area contributed by atoms with Crippen LogP contribution in [0.3, 0.4) is 0 Å². The Labute approximate surface area is 280 Å². The van der Waals surface area contributed by atoms with Crippen LogP contribution in [0.1, 0.15) is 0 Å². The topological polar surface area (TPSA) is 12.9 Å². The van der Waals surface area contributed by atoms with Crippen molar-refractivity contribution in [1.29, 1.82) is 0 Å². The predicted molar refractivity (Wildman–Crippen MR) is 204 cm³/mol. The number of benzene rings is 8. The molecule has 0 atom stereocenters. The fraction of sp³-hybridized carbons (Fsp3) is 0. The van der Waals surface area contributed by atoms with E-state index in [1.54, 1.807) is 0 Å². The van der Waals surface area contributed by atoms with Gasteiger partial charge in [-0.3, -0.25) is 4.98 Å². The Morgan fingerprint density at radius 1 is 0.229 bits per heavy atom. The van der Waals surface area contributed by atoms with Gasteiger partial charge in [0.05, 0.1) is 5.69 Å². The van der Waals surface area contributed by atoms with Crippen molar-refractivity contribution in [2.75, 3.05) is 0 Å². The third-order valence-corrected chi connectivity index (χ3v) is 9.51. The van der Waals surface area contributed by atoms with Crippen molar-refractivity contribution in [1.82, 2.24) is 4.98 Å². The fourth-order valence-electron chi connectivity index (χ4n) is 7.07. The number of pyridine rings is 1. The van der Waals surface area contributed by atoms with Gasteiger partial charge in [0.1, 0.15) is 0 Å². The van der Waals surface area contributed by atoms with Crippen LogP contribution in [0.25, 0.3) is 88.1 Å². The van der Waals surface area contributed by atoms with Crippen LogP contribution in [0.5, 0.6) is 0 Å². The van der Waals surface area contributed by atoms with Crippen molar-refractivity contribution in [2.45, 2.75) is 0 Å². The van der Waals surface area contributed by atoms with E-state index in [-0.39, 0.29) is 0 Å². The number of hydrogen-bond acceptors (Lipinski definition) is 1. The third-order valence-electron chi connectivity index (χ3n) is 9.51. The molecule has 0 fully saturated rings. The number of fused-ring (bicyclic) bond motifs is 6. The van der Waals surface area contributed by atoms with Crippen molar-refractivity contribution in [3.05, 3.63) is 188 Å². The van der Waals surface area contributed by atoms with Crippen LogP contribution < -0.4 is 0 Å². The lowest BCUT2D eigenvalue weighted by molar-refractivity contribution is 1.33. The molecule has 0 N–H and O–H groups in total. The minimum Gasteiger partial charge on any atom is -0.256 e. The van der Waals surface area contributed by atoms with Crippen LogP contribution in [0.2, 0.25) is 0 Å². The van der Waals surface area contributed by atoms with Crippen LogP contribution >= 0.6 is 0 Å². The highest BCUT2D eigenvalue weighted by atomic mass is 14.7. The molecule has 1 heteroatoms. The highest BCUT2D eigenvalue weighted by molar-refractivity contribution is 6.25. The zero-order valence-electron chi connectivity index (χ0n) is 26.3. The molecule has 9 rings (SSSR count). The summed E-state index contributed by atoms with van der Waals surface area (Å²) < 4.78 is 0. The lowest BCUT2D eigenvalue weighted by Gasteiger charge is -2.13. The van der Waals surface area contributed by atoms with E-state index in [4.69, 9.17) is 4.98 Å². The summed E-state index contributed by atoms with van der Waals surface area (Å²) in [6.45, 7) is 0. The summed E-state index contributed by atoms with van der Waals surface area (Å²) in [6.07, 6.45) is 1.86. The van der Waals surface area contributed by atoms with Gasteiger partial charge >= 0.3 is 0 Å². The quantitative estimate of drug-likeness (QED) is 0.177. The van der Waals surface area contributed by atoms with Crippen LogP contribution in [0.4, 0.5) is 0 Å². The van der Waals surface area contributed by atoms with Gasteiger partial charge in [0.15, 0.2) is 0 Å². The largest absolute Gasteiger partial charge is 0.256 e. The van der Waals surface area contributed by atoms with Crippen LogP contribution in [0.15, 0.2) is 188 Å². The van der Waals surface area contributed by atoms with Gasteiger partial charge in [0.25, 0.3) is 0 Å². The van der Waals surface area contributed by atoms with Gasteiger partial charge < -0.3 is 0 Å². The maximum atomic E-state index is 4.69. The Bertz CT molecular complexity index is 2530. The molecule has 1 nitrogen and oxygen atoms in total. The Kier molecular flexibility index (Phi) is 6.87. The standard InChI is InChI=1S/C47H31N/c1-2-10-32(11-3-1)33-17-21-35(22-18-33)38-28-39(30-40(29-38)47-16-8-9-27-48-47)36-23-19-34(20-24-36)37-25-26-45-43-14-5-4-12-41(43)42-13-6-7-15-44(42)46(45)31-37/h1-31H. The van der Waals surface area contributed by atoms with Gasteiger partial charge in [-0.1, -0.05) is 146 Å². The first kappa shape index (κ1) is 28.0. The SMILES string of the molecule is c1ccc(-c2ccc(-c3cc(-c4ccc(-c5ccc6c7ccccc7c7ccccc7c6c5)cc4)cc(-c4ccccn4)c3)cc2)cc1. The Hall–Kier alpha value is -6.31. The zero-order valence-corrected chi connectivity index (χ0v) is 26.3. The normalized spacial score (nSPS) is 11.3. The van der Waals surface area contributed by atoms with Gasteiger partial charge in [0.2, 0.25) is 0 Å². The molecule has 1 aromatic heterocycles. The Morgan fingerprint density at radius 3 is 1.17 bits per heavy atom. The van der Waals surface area contributed by atoms with E-state index in [0.717, 1.165) is 11.3 Å². The summed E-state index contributed by atoms with van der Waals surface area (Å²) >= 11 is 0. The first-order valence-corrected chi connectivity index (χ1v) is 16.4. The molecule has 224 valence electrons. The molecule has 1 heterocycles. The molecular formula is C47H31N. The molecule has 0 bridgehead atoms. The van der Waals surface area contributed by atoms with Crippen molar-refractivity contribution in [2.24, 2.45) is 0 Å². The van der Waals surface area contributed by atoms with Crippen molar-refractivity contribution in [3.8, 4) is 55.8 Å². The Balaban J connectivity index is 1.11. The van der Waals surface area contributed by atoms with Crippen LogP contribution in [0, 0.1) is 0 Å². The van der Waals surface area contributed by atoms with Gasteiger partial charge in [0, 0.05) is 11.8 Å². The van der Waals surface area contributed by atoms with E-state index in [1.807, 2.05) is 18.3 Å². The number of rotatable bonds is 5.